The first-order valence-electron chi connectivity index (χ1n) is 4.29. The second-order valence-electron chi connectivity index (χ2n) is 3.39. The molecule has 0 aliphatic carbocycles. The quantitative estimate of drug-likeness (QED) is 0.799. The van der Waals surface area contributed by atoms with Crippen molar-refractivity contribution in [2.45, 2.75) is 19.8 Å². The van der Waals surface area contributed by atoms with Gasteiger partial charge in [0.15, 0.2) is 10.8 Å². The van der Waals surface area contributed by atoms with E-state index in [1.54, 1.807) is 10.6 Å². The van der Waals surface area contributed by atoms with Crippen LogP contribution in [-0.2, 0) is 0 Å². The van der Waals surface area contributed by atoms with Crippen molar-refractivity contribution < 1.29 is 0 Å². The molecular formula is C9H9BrClN3. The van der Waals surface area contributed by atoms with Crippen LogP contribution < -0.4 is 0 Å². The summed E-state index contributed by atoms with van der Waals surface area (Å²) in [7, 11) is 0. The molecule has 0 unspecified atom stereocenters. The Labute approximate surface area is 95.2 Å². The second-order valence-corrected chi connectivity index (χ2v) is 4.63. The zero-order valence-corrected chi connectivity index (χ0v) is 10.2. The van der Waals surface area contributed by atoms with Gasteiger partial charge in [-0.05, 0) is 27.9 Å². The van der Waals surface area contributed by atoms with Crippen molar-refractivity contribution in [1.82, 2.24) is 14.6 Å². The molecule has 2 aromatic heterocycles. The summed E-state index contributed by atoms with van der Waals surface area (Å²) in [5, 5.41) is 4.67. The lowest BCUT2D eigenvalue weighted by atomic mass is 10.2. The van der Waals surface area contributed by atoms with Gasteiger partial charge < -0.3 is 0 Å². The Morgan fingerprint density at radius 2 is 2.21 bits per heavy atom. The van der Waals surface area contributed by atoms with Crippen molar-refractivity contribution in [2.24, 2.45) is 0 Å². The maximum atomic E-state index is 5.87. The van der Waals surface area contributed by atoms with Crippen LogP contribution in [0, 0.1) is 0 Å². The maximum absolute atomic E-state index is 5.87. The van der Waals surface area contributed by atoms with Crippen LogP contribution in [0.15, 0.2) is 16.7 Å². The number of halogens is 2. The molecule has 0 amide bonds. The second kappa shape index (κ2) is 3.51. The van der Waals surface area contributed by atoms with Gasteiger partial charge in [0.05, 0.1) is 16.4 Å². The molecule has 0 aliphatic heterocycles. The lowest BCUT2D eigenvalue weighted by molar-refractivity contribution is 0.758. The van der Waals surface area contributed by atoms with Crippen molar-refractivity contribution in [3.8, 4) is 0 Å². The molecule has 0 atom stereocenters. The van der Waals surface area contributed by atoms with Crippen molar-refractivity contribution in [3.05, 3.63) is 27.6 Å². The van der Waals surface area contributed by atoms with E-state index in [1.165, 1.54) is 0 Å². The molecule has 0 bridgehead atoms. The Kier molecular flexibility index (Phi) is 2.49. The van der Waals surface area contributed by atoms with Gasteiger partial charge in [0.25, 0.3) is 0 Å². The summed E-state index contributed by atoms with van der Waals surface area (Å²) < 4.78 is 2.64. The number of rotatable bonds is 1. The number of imidazole rings is 1. The Bertz CT molecular complexity index is 478. The third-order valence-electron chi connectivity index (χ3n) is 2.01. The molecule has 0 saturated carbocycles. The topological polar surface area (TPSA) is 30.2 Å². The predicted octanol–water partition coefficient (Wildman–Crippen LogP) is 3.27. The third-order valence-corrected chi connectivity index (χ3v) is 2.78. The van der Waals surface area contributed by atoms with E-state index in [1.807, 2.05) is 6.20 Å². The first-order valence-corrected chi connectivity index (χ1v) is 5.46. The van der Waals surface area contributed by atoms with Gasteiger partial charge in [-0.1, -0.05) is 25.4 Å². The van der Waals surface area contributed by atoms with E-state index in [9.17, 15) is 0 Å². The Morgan fingerprint density at radius 3 is 2.86 bits per heavy atom. The van der Waals surface area contributed by atoms with E-state index < -0.39 is 0 Å². The van der Waals surface area contributed by atoms with Gasteiger partial charge in [0.1, 0.15) is 0 Å². The molecule has 0 N–H and O–H groups in total. The molecule has 74 valence electrons. The minimum Gasteiger partial charge on any atom is -0.234 e. The fraction of sp³-hybridized carbons (Fsp3) is 0.333. The molecular weight excluding hydrogens is 265 g/mol. The van der Waals surface area contributed by atoms with E-state index >= 15 is 0 Å². The molecule has 2 aromatic rings. The first-order chi connectivity index (χ1) is 6.59. The standard InChI is InChI=1S/C9H9BrClN3/c1-5(2)7-4-12-9-6(10)3-8(11)13-14(7)9/h3-5H,1-2H3. The minimum atomic E-state index is 0.378. The van der Waals surface area contributed by atoms with E-state index in [2.05, 4.69) is 39.9 Å². The number of nitrogens with zero attached hydrogens (tertiary/aromatic N) is 3. The predicted molar refractivity (Wildman–Crippen MR) is 59.8 cm³/mol. The monoisotopic (exact) mass is 273 g/mol. The Hall–Kier alpha value is -0.610. The van der Waals surface area contributed by atoms with Crippen LogP contribution in [0.25, 0.3) is 5.65 Å². The average molecular weight is 275 g/mol. The molecule has 2 heterocycles. The van der Waals surface area contributed by atoms with E-state index in [-0.39, 0.29) is 0 Å². The van der Waals surface area contributed by atoms with Gasteiger partial charge in [0.2, 0.25) is 0 Å². The Balaban J connectivity index is 2.78. The number of aromatic nitrogens is 3. The van der Waals surface area contributed by atoms with Gasteiger partial charge in [0, 0.05) is 0 Å². The van der Waals surface area contributed by atoms with Crippen molar-refractivity contribution in [2.75, 3.05) is 0 Å². The molecule has 3 nitrogen and oxygen atoms in total. The summed E-state index contributed by atoms with van der Waals surface area (Å²) in [6, 6.07) is 1.74. The minimum absolute atomic E-state index is 0.378. The molecule has 0 spiro atoms. The smallest absolute Gasteiger partial charge is 0.168 e. The van der Waals surface area contributed by atoms with Crippen LogP contribution in [0.4, 0.5) is 0 Å². The third kappa shape index (κ3) is 1.53. The van der Waals surface area contributed by atoms with Gasteiger partial charge in [-0.3, -0.25) is 0 Å². The maximum Gasteiger partial charge on any atom is 0.168 e. The molecule has 5 heteroatoms. The van der Waals surface area contributed by atoms with E-state index in [0.717, 1.165) is 15.8 Å². The molecule has 0 radical (unpaired) electrons. The van der Waals surface area contributed by atoms with Crippen LogP contribution in [-0.4, -0.2) is 14.6 Å². The van der Waals surface area contributed by atoms with Gasteiger partial charge in [-0.15, -0.1) is 0 Å². The normalized spacial score (nSPS) is 11.5. The summed E-state index contributed by atoms with van der Waals surface area (Å²) in [6.07, 6.45) is 1.83. The zero-order valence-electron chi connectivity index (χ0n) is 7.83. The Morgan fingerprint density at radius 1 is 1.50 bits per heavy atom. The van der Waals surface area contributed by atoms with Crippen molar-refractivity contribution in [1.29, 1.82) is 0 Å². The lowest BCUT2D eigenvalue weighted by Gasteiger charge is -2.04. The molecule has 14 heavy (non-hydrogen) atoms. The lowest BCUT2D eigenvalue weighted by Crippen LogP contribution is -1.99. The highest BCUT2D eigenvalue weighted by Gasteiger charge is 2.11. The highest BCUT2D eigenvalue weighted by molar-refractivity contribution is 9.10. The largest absolute Gasteiger partial charge is 0.234 e. The number of fused-ring (bicyclic) bond motifs is 1. The van der Waals surface area contributed by atoms with Crippen LogP contribution in [0.5, 0.6) is 0 Å². The highest BCUT2D eigenvalue weighted by atomic mass is 79.9. The van der Waals surface area contributed by atoms with Crippen LogP contribution >= 0.6 is 27.5 Å². The van der Waals surface area contributed by atoms with E-state index in [4.69, 9.17) is 11.6 Å². The van der Waals surface area contributed by atoms with Crippen molar-refractivity contribution >= 4 is 33.2 Å². The fourth-order valence-electron chi connectivity index (χ4n) is 1.31. The van der Waals surface area contributed by atoms with Gasteiger partial charge in [-0.25, -0.2) is 9.50 Å². The number of hydrogen-bond donors (Lipinski definition) is 0. The summed E-state index contributed by atoms with van der Waals surface area (Å²) >= 11 is 9.27. The van der Waals surface area contributed by atoms with Gasteiger partial charge >= 0.3 is 0 Å². The molecule has 0 fully saturated rings. The average Bonchev–Trinajstić information content (AvgIpc) is 2.47. The molecule has 2 rings (SSSR count). The first kappa shape index (κ1) is 9.93. The van der Waals surface area contributed by atoms with Crippen molar-refractivity contribution in [3.63, 3.8) is 0 Å². The van der Waals surface area contributed by atoms with Crippen LogP contribution in [0.3, 0.4) is 0 Å². The summed E-state index contributed by atoms with van der Waals surface area (Å²) in [5.41, 5.74) is 1.86. The van der Waals surface area contributed by atoms with Crippen LogP contribution in [0.2, 0.25) is 5.15 Å². The summed E-state index contributed by atoms with van der Waals surface area (Å²) in [5.74, 6) is 0.378. The summed E-state index contributed by atoms with van der Waals surface area (Å²) in [4.78, 5) is 4.28. The SMILES string of the molecule is CC(C)c1cnc2c(Br)cc(Cl)nn12. The zero-order chi connectivity index (χ0) is 10.3. The molecule has 0 aromatic carbocycles. The highest BCUT2D eigenvalue weighted by Crippen LogP contribution is 2.23. The fourth-order valence-corrected chi connectivity index (χ4v) is 2.12. The molecule has 0 saturated heterocycles. The van der Waals surface area contributed by atoms with Crippen LogP contribution in [0.1, 0.15) is 25.5 Å². The number of hydrogen-bond acceptors (Lipinski definition) is 2. The summed E-state index contributed by atoms with van der Waals surface area (Å²) in [6.45, 7) is 4.19. The van der Waals surface area contributed by atoms with E-state index in [0.29, 0.717) is 11.1 Å². The van der Waals surface area contributed by atoms with Gasteiger partial charge in [-0.2, -0.15) is 5.10 Å². The molecule has 0 aliphatic rings.